The number of nitrogens with two attached hydrogens (primary N) is 1. The van der Waals surface area contributed by atoms with Crippen molar-refractivity contribution in [3.8, 4) is 0 Å². The highest BCUT2D eigenvalue weighted by Gasteiger charge is 2.33. The van der Waals surface area contributed by atoms with Crippen LogP contribution in [0.25, 0.3) is 0 Å². The van der Waals surface area contributed by atoms with E-state index in [1.165, 1.54) is 0 Å². The second-order valence-corrected chi connectivity index (χ2v) is 8.01. The number of allylic oxidation sites excluding steroid dienone is 1. The van der Waals surface area contributed by atoms with Crippen molar-refractivity contribution in [3.05, 3.63) is 12.2 Å². The Hall–Kier alpha value is -1.65. The Labute approximate surface area is 151 Å². The molecule has 0 saturated heterocycles. The zero-order chi connectivity index (χ0) is 19.0. The van der Waals surface area contributed by atoms with Gasteiger partial charge in [-0.25, -0.2) is 0 Å². The van der Waals surface area contributed by atoms with Gasteiger partial charge in [0.15, 0.2) is 6.10 Å². The molecule has 1 heterocycles. The van der Waals surface area contributed by atoms with E-state index >= 15 is 0 Å². The maximum atomic E-state index is 12.7. The largest absolute Gasteiger partial charge is 0.452 e. The summed E-state index contributed by atoms with van der Waals surface area (Å²) >= 11 is 0. The molecular formula is C20H33NO4. The van der Waals surface area contributed by atoms with E-state index in [0.29, 0.717) is 18.8 Å². The summed E-state index contributed by atoms with van der Waals surface area (Å²) in [5, 5.41) is 0. The summed E-state index contributed by atoms with van der Waals surface area (Å²) in [7, 11) is 0. The fraction of sp³-hybridized carbons (Fsp3) is 0.750. The first kappa shape index (κ1) is 21.4. The van der Waals surface area contributed by atoms with Gasteiger partial charge in [0, 0.05) is 24.2 Å². The molecule has 1 aliphatic rings. The number of ketones is 1. The van der Waals surface area contributed by atoms with Gasteiger partial charge < -0.3 is 10.5 Å². The Morgan fingerprint density at radius 1 is 1.24 bits per heavy atom. The molecule has 5 nitrogen and oxygen atoms in total. The van der Waals surface area contributed by atoms with E-state index in [4.69, 9.17) is 10.5 Å². The number of Topliss-reactive ketones (excluding diaryl/α,β-unsaturated/α-hetero) is 1. The molecule has 3 unspecified atom stereocenters. The maximum Gasteiger partial charge on any atom is 0.306 e. The molecule has 0 aromatic rings. The lowest BCUT2D eigenvalue weighted by molar-refractivity contribution is -0.155. The van der Waals surface area contributed by atoms with Gasteiger partial charge in [-0.15, -0.1) is 0 Å². The fourth-order valence-corrected chi connectivity index (χ4v) is 3.40. The number of hydrogen-bond donors (Lipinski definition) is 1. The first-order chi connectivity index (χ1) is 11.6. The number of hydrogen-bond acceptors (Lipinski definition) is 4. The first-order valence-corrected chi connectivity index (χ1v) is 9.31. The highest BCUT2D eigenvalue weighted by molar-refractivity contribution is 5.87. The SMILES string of the molecule is CC1CCC/C=C\CC(C(N)=O)OC(=O)CCC(C)(C)C(=O)C(C)C1. The third kappa shape index (κ3) is 7.41. The average molecular weight is 351 g/mol. The minimum absolute atomic E-state index is 0.0252. The van der Waals surface area contributed by atoms with Gasteiger partial charge in [-0.3, -0.25) is 14.4 Å². The quantitative estimate of drug-likeness (QED) is 0.578. The molecule has 1 aliphatic heterocycles. The van der Waals surface area contributed by atoms with E-state index in [0.717, 1.165) is 25.7 Å². The molecule has 0 radical (unpaired) electrons. The normalized spacial score (nSPS) is 31.1. The summed E-state index contributed by atoms with van der Waals surface area (Å²) < 4.78 is 5.21. The van der Waals surface area contributed by atoms with E-state index in [9.17, 15) is 14.4 Å². The summed E-state index contributed by atoms with van der Waals surface area (Å²) in [6, 6.07) is 0. The minimum atomic E-state index is -0.937. The number of carbonyl (C=O) groups is 3. The molecule has 0 aromatic carbocycles. The number of primary amides is 1. The van der Waals surface area contributed by atoms with Crippen LogP contribution in [0.5, 0.6) is 0 Å². The predicted octanol–water partition coefficient (Wildman–Crippen LogP) is 3.55. The topological polar surface area (TPSA) is 86.5 Å². The van der Waals surface area contributed by atoms with Crippen molar-refractivity contribution in [2.45, 2.75) is 78.7 Å². The number of amides is 1. The van der Waals surface area contributed by atoms with Gasteiger partial charge in [0.1, 0.15) is 5.78 Å². The lowest BCUT2D eigenvalue weighted by Crippen LogP contribution is -2.34. The number of esters is 1. The second-order valence-electron chi connectivity index (χ2n) is 8.01. The van der Waals surface area contributed by atoms with Crippen LogP contribution in [0.1, 0.15) is 72.6 Å². The number of rotatable bonds is 1. The van der Waals surface area contributed by atoms with Crippen molar-refractivity contribution in [1.29, 1.82) is 0 Å². The van der Waals surface area contributed by atoms with E-state index in [2.05, 4.69) is 6.92 Å². The standard InChI is InChI=1S/C20H33NO4/c1-14-9-7-5-6-8-10-16(19(21)24)25-17(22)11-12-20(3,4)18(23)15(2)13-14/h6,8,14-16H,5,7,9-13H2,1-4H3,(H2,21,24)/b8-6-. The summed E-state index contributed by atoms with van der Waals surface area (Å²) in [5.41, 5.74) is 4.73. The van der Waals surface area contributed by atoms with Crippen LogP contribution in [0.3, 0.4) is 0 Å². The van der Waals surface area contributed by atoms with Gasteiger partial charge in [0.2, 0.25) is 0 Å². The molecule has 2 N–H and O–H groups in total. The molecule has 0 saturated carbocycles. The average Bonchev–Trinajstić information content (AvgIpc) is 2.53. The van der Waals surface area contributed by atoms with Crippen molar-refractivity contribution in [2.75, 3.05) is 0 Å². The van der Waals surface area contributed by atoms with Gasteiger partial charge in [-0.05, 0) is 31.6 Å². The van der Waals surface area contributed by atoms with Crippen molar-refractivity contribution >= 4 is 17.7 Å². The second kappa shape index (κ2) is 9.73. The maximum absolute atomic E-state index is 12.7. The van der Waals surface area contributed by atoms with Crippen molar-refractivity contribution < 1.29 is 19.1 Å². The molecule has 0 aromatic heterocycles. The summed E-state index contributed by atoms with van der Waals surface area (Å²) in [5.74, 6) is -0.476. The van der Waals surface area contributed by atoms with E-state index < -0.39 is 23.4 Å². The van der Waals surface area contributed by atoms with Crippen molar-refractivity contribution in [3.63, 3.8) is 0 Å². The van der Waals surface area contributed by atoms with E-state index in [1.807, 2.05) is 32.9 Å². The fourth-order valence-electron chi connectivity index (χ4n) is 3.40. The molecule has 142 valence electrons. The molecule has 0 aliphatic carbocycles. The zero-order valence-corrected chi connectivity index (χ0v) is 16.0. The monoisotopic (exact) mass is 351 g/mol. The lowest BCUT2D eigenvalue weighted by atomic mass is 9.75. The molecule has 0 spiro atoms. The molecule has 0 fully saturated rings. The van der Waals surface area contributed by atoms with Gasteiger partial charge in [0.05, 0.1) is 0 Å². The van der Waals surface area contributed by atoms with Crippen LogP contribution >= 0.6 is 0 Å². The molecule has 1 rings (SSSR count). The molecule has 1 amide bonds. The van der Waals surface area contributed by atoms with Crippen LogP contribution in [-0.4, -0.2) is 23.8 Å². The third-order valence-corrected chi connectivity index (χ3v) is 5.00. The number of carbonyl (C=O) groups excluding carboxylic acids is 3. The van der Waals surface area contributed by atoms with E-state index in [-0.39, 0.29) is 18.1 Å². The predicted molar refractivity (Wildman–Crippen MR) is 97.6 cm³/mol. The Bertz CT molecular complexity index is 510. The van der Waals surface area contributed by atoms with Gasteiger partial charge >= 0.3 is 5.97 Å². The highest BCUT2D eigenvalue weighted by atomic mass is 16.5. The Morgan fingerprint density at radius 2 is 1.92 bits per heavy atom. The molecule has 25 heavy (non-hydrogen) atoms. The molecular weight excluding hydrogens is 318 g/mol. The van der Waals surface area contributed by atoms with Crippen LogP contribution in [0.2, 0.25) is 0 Å². The number of ether oxygens (including phenoxy) is 1. The van der Waals surface area contributed by atoms with Gasteiger partial charge in [-0.2, -0.15) is 0 Å². The molecule has 3 atom stereocenters. The summed E-state index contributed by atoms with van der Waals surface area (Å²) in [4.78, 5) is 36.3. The Kier molecular flexibility index (Phi) is 8.33. The summed E-state index contributed by atoms with van der Waals surface area (Å²) in [6.07, 6.45) is 7.61. The summed E-state index contributed by atoms with van der Waals surface area (Å²) in [6.45, 7) is 7.91. The minimum Gasteiger partial charge on any atom is -0.452 e. The van der Waals surface area contributed by atoms with Crippen LogP contribution in [-0.2, 0) is 19.1 Å². The van der Waals surface area contributed by atoms with Crippen LogP contribution < -0.4 is 5.73 Å². The molecule has 5 heteroatoms. The first-order valence-electron chi connectivity index (χ1n) is 9.31. The van der Waals surface area contributed by atoms with Crippen LogP contribution in [0.15, 0.2) is 12.2 Å². The number of cyclic esters (lactones) is 1. The van der Waals surface area contributed by atoms with Crippen molar-refractivity contribution in [1.82, 2.24) is 0 Å². The smallest absolute Gasteiger partial charge is 0.306 e. The Balaban J connectivity index is 2.87. The Morgan fingerprint density at radius 3 is 2.56 bits per heavy atom. The lowest BCUT2D eigenvalue weighted by Gasteiger charge is -2.28. The third-order valence-electron chi connectivity index (χ3n) is 5.00. The van der Waals surface area contributed by atoms with Crippen molar-refractivity contribution in [2.24, 2.45) is 23.0 Å². The molecule has 0 bridgehead atoms. The van der Waals surface area contributed by atoms with Crippen LogP contribution in [0, 0.1) is 17.3 Å². The zero-order valence-electron chi connectivity index (χ0n) is 16.0. The van der Waals surface area contributed by atoms with Gasteiger partial charge in [0.25, 0.3) is 5.91 Å². The van der Waals surface area contributed by atoms with E-state index in [1.54, 1.807) is 0 Å². The van der Waals surface area contributed by atoms with Gasteiger partial charge in [-0.1, -0.05) is 46.3 Å². The van der Waals surface area contributed by atoms with Crippen LogP contribution in [0.4, 0.5) is 0 Å². The highest BCUT2D eigenvalue weighted by Crippen LogP contribution is 2.31.